The first-order valence-corrected chi connectivity index (χ1v) is 8.89. The van der Waals surface area contributed by atoms with Gasteiger partial charge in [-0.15, -0.1) is 11.3 Å². The predicted octanol–water partition coefficient (Wildman–Crippen LogP) is 2.55. The van der Waals surface area contributed by atoms with Gasteiger partial charge in [-0.3, -0.25) is 14.6 Å². The second kappa shape index (κ2) is 7.88. The Morgan fingerprint density at radius 1 is 1.22 bits per heavy atom. The Balaban J connectivity index is 1.43. The van der Waals surface area contributed by atoms with Crippen molar-refractivity contribution in [2.45, 2.75) is 6.54 Å². The van der Waals surface area contributed by atoms with Crippen molar-refractivity contribution in [1.29, 1.82) is 0 Å². The zero-order valence-electron chi connectivity index (χ0n) is 12.7. The number of anilines is 1. The van der Waals surface area contributed by atoms with Crippen molar-refractivity contribution in [2.75, 3.05) is 38.0 Å². The van der Waals surface area contributed by atoms with Crippen LogP contribution in [-0.4, -0.2) is 53.4 Å². The summed E-state index contributed by atoms with van der Waals surface area (Å²) < 4.78 is 0. The van der Waals surface area contributed by atoms with Crippen LogP contribution in [0.15, 0.2) is 35.2 Å². The summed E-state index contributed by atoms with van der Waals surface area (Å²) in [4.78, 5) is 21.0. The van der Waals surface area contributed by atoms with Crippen LogP contribution < -0.4 is 5.32 Å². The van der Waals surface area contributed by atoms with Gasteiger partial charge in [0.1, 0.15) is 0 Å². The Labute approximate surface area is 144 Å². The third-order valence-electron chi connectivity index (χ3n) is 3.85. The summed E-state index contributed by atoms with van der Waals surface area (Å²) in [7, 11) is 0. The molecule has 3 rings (SSSR count). The minimum Gasteiger partial charge on any atom is -0.324 e. The maximum atomic E-state index is 12.1. The molecule has 122 valence electrons. The molecule has 0 spiro atoms. The highest BCUT2D eigenvalue weighted by Crippen LogP contribution is 2.20. The van der Waals surface area contributed by atoms with Crippen molar-refractivity contribution in [3.05, 3.63) is 45.9 Å². The minimum atomic E-state index is -0.0222. The number of nitrogens with one attached hydrogen (secondary N) is 1. The van der Waals surface area contributed by atoms with Crippen LogP contribution in [0.4, 0.5) is 5.69 Å². The number of carbonyl (C=O) groups excluding carboxylic acids is 1. The lowest BCUT2D eigenvalue weighted by Crippen LogP contribution is -2.48. The van der Waals surface area contributed by atoms with Crippen molar-refractivity contribution in [1.82, 2.24) is 14.8 Å². The lowest BCUT2D eigenvalue weighted by molar-refractivity contribution is -0.117. The summed E-state index contributed by atoms with van der Waals surface area (Å²) in [6.45, 7) is 4.98. The smallest absolute Gasteiger partial charge is 0.238 e. The summed E-state index contributed by atoms with van der Waals surface area (Å²) in [5, 5.41) is 5.52. The molecule has 1 aromatic heterocycles. The molecular formula is C16H19ClN4OS. The van der Waals surface area contributed by atoms with Crippen LogP contribution in [-0.2, 0) is 11.3 Å². The molecule has 2 heterocycles. The Bertz CT molecular complexity index is 641. The number of benzene rings is 1. The summed E-state index contributed by atoms with van der Waals surface area (Å²) in [6, 6.07) is 7.29. The molecular weight excluding hydrogens is 332 g/mol. The third kappa shape index (κ3) is 4.75. The zero-order valence-corrected chi connectivity index (χ0v) is 14.3. The maximum Gasteiger partial charge on any atom is 0.238 e. The van der Waals surface area contributed by atoms with Crippen LogP contribution in [0.1, 0.15) is 5.69 Å². The minimum absolute atomic E-state index is 0.0222. The van der Waals surface area contributed by atoms with E-state index in [1.54, 1.807) is 17.4 Å². The molecule has 0 atom stereocenters. The average molecular weight is 351 g/mol. The van der Waals surface area contributed by atoms with Gasteiger partial charge in [0.2, 0.25) is 5.91 Å². The van der Waals surface area contributed by atoms with E-state index >= 15 is 0 Å². The van der Waals surface area contributed by atoms with E-state index < -0.39 is 0 Å². The van der Waals surface area contributed by atoms with E-state index in [4.69, 9.17) is 11.6 Å². The first-order valence-electron chi connectivity index (χ1n) is 7.57. The quantitative estimate of drug-likeness (QED) is 0.900. The molecule has 0 bridgehead atoms. The fourth-order valence-electron chi connectivity index (χ4n) is 2.61. The first-order chi connectivity index (χ1) is 11.2. The topological polar surface area (TPSA) is 48.5 Å². The van der Waals surface area contributed by atoms with Gasteiger partial charge in [-0.05, 0) is 12.1 Å². The second-order valence-corrected chi connectivity index (χ2v) is 6.69. The number of halogens is 1. The van der Waals surface area contributed by atoms with Gasteiger partial charge in [-0.25, -0.2) is 4.98 Å². The monoisotopic (exact) mass is 350 g/mol. The standard InChI is InChI=1S/C16H19ClN4OS/c17-14-3-1-2-4-15(14)19-16(22)10-21-7-5-20(6-8-21)9-13-11-23-12-18-13/h1-4,11-12H,5-10H2,(H,19,22). The Hall–Kier alpha value is -1.47. The van der Waals surface area contributed by atoms with E-state index in [9.17, 15) is 4.79 Å². The molecule has 5 nitrogen and oxygen atoms in total. The molecule has 7 heteroatoms. The largest absolute Gasteiger partial charge is 0.324 e. The Kier molecular flexibility index (Phi) is 5.61. The SMILES string of the molecule is O=C(CN1CCN(Cc2cscn2)CC1)Nc1ccccc1Cl. The highest BCUT2D eigenvalue weighted by Gasteiger charge is 2.19. The molecule has 0 aliphatic carbocycles. The Morgan fingerprint density at radius 2 is 1.96 bits per heavy atom. The van der Waals surface area contributed by atoms with Crippen LogP contribution in [0.3, 0.4) is 0 Å². The van der Waals surface area contributed by atoms with E-state index in [2.05, 4.69) is 25.5 Å². The van der Waals surface area contributed by atoms with Crippen molar-refractivity contribution in [3.63, 3.8) is 0 Å². The van der Waals surface area contributed by atoms with Crippen LogP contribution in [0.2, 0.25) is 5.02 Å². The normalized spacial score (nSPS) is 16.4. The number of hydrogen-bond acceptors (Lipinski definition) is 5. The lowest BCUT2D eigenvalue weighted by Gasteiger charge is -2.33. The fraction of sp³-hybridized carbons (Fsp3) is 0.375. The van der Waals surface area contributed by atoms with E-state index in [1.165, 1.54) is 0 Å². The number of nitrogens with zero attached hydrogens (tertiary/aromatic N) is 3. The molecule has 1 fully saturated rings. The lowest BCUT2D eigenvalue weighted by atomic mass is 10.3. The summed E-state index contributed by atoms with van der Waals surface area (Å²) in [6.07, 6.45) is 0. The van der Waals surface area contributed by atoms with Crippen LogP contribution in [0.25, 0.3) is 0 Å². The molecule has 1 aliphatic rings. The van der Waals surface area contributed by atoms with Crippen LogP contribution in [0, 0.1) is 0 Å². The van der Waals surface area contributed by atoms with Crippen molar-refractivity contribution >= 4 is 34.5 Å². The van der Waals surface area contributed by atoms with Gasteiger partial charge in [-0.2, -0.15) is 0 Å². The van der Waals surface area contributed by atoms with Crippen molar-refractivity contribution < 1.29 is 4.79 Å². The van der Waals surface area contributed by atoms with Crippen molar-refractivity contribution in [3.8, 4) is 0 Å². The second-order valence-electron chi connectivity index (χ2n) is 5.56. The number of amides is 1. The Morgan fingerprint density at radius 3 is 2.65 bits per heavy atom. The van der Waals surface area contributed by atoms with Gasteiger partial charge >= 0.3 is 0 Å². The number of para-hydroxylation sites is 1. The van der Waals surface area contributed by atoms with E-state index in [-0.39, 0.29) is 5.91 Å². The maximum absolute atomic E-state index is 12.1. The number of piperazine rings is 1. The molecule has 23 heavy (non-hydrogen) atoms. The summed E-state index contributed by atoms with van der Waals surface area (Å²) >= 11 is 7.69. The van der Waals surface area contributed by atoms with Gasteiger partial charge in [0.25, 0.3) is 0 Å². The first kappa shape index (κ1) is 16.4. The van der Waals surface area contributed by atoms with E-state index in [0.29, 0.717) is 17.3 Å². The zero-order chi connectivity index (χ0) is 16.1. The van der Waals surface area contributed by atoms with Crippen molar-refractivity contribution in [2.24, 2.45) is 0 Å². The molecule has 0 saturated carbocycles. The molecule has 2 aromatic rings. The summed E-state index contributed by atoms with van der Waals surface area (Å²) in [5.74, 6) is -0.0222. The predicted molar refractivity (Wildman–Crippen MR) is 93.9 cm³/mol. The molecule has 1 saturated heterocycles. The highest BCUT2D eigenvalue weighted by atomic mass is 35.5. The molecule has 1 N–H and O–H groups in total. The number of rotatable bonds is 5. The molecule has 0 radical (unpaired) electrons. The number of hydrogen-bond donors (Lipinski definition) is 1. The van der Waals surface area contributed by atoms with Crippen LogP contribution in [0.5, 0.6) is 0 Å². The highest BCUT2D eigenvalue weighted by molar-refractivity contribution is 7.07. The van der Waals surface area contributed by atoms with Crippen LogP contribution >= 0.6 is 22.9 Å². The van der Waals surface area contributed by atoms with Gasteiger partial charge in [0.15, 0.2) is 0 Å². The number of thiazole rings is 1. The molecule has 0 unspecified atom stereocenters. The average Bonchev–Trinajstić information content (AvgIpc) is 3.04. The molecule has 1 aromatic carbocycles. The van der Waals surface area contributed by atoms with E-state index in [1.807, 2.05) is 23.7 Å². The summed E-state index contributed by atoms with van der Waals surface area (Å²) in [5.41, 5.74) is 3.66. The van der Waals surface area contributed by atoms with Gasteiger partial charge in [-0.1, -0.05) is 23.7 Å². The number of aromatic nitrogens is 1. The molecule has 1 aliphatic heterocycles. The molecule has 1 amide bonds. The third-order valence-corrected chi connectivity index (χ3v) is 4.81. The van der Waals surface area contributed by atoms with Gasteiger partial charge < -0.3 is 5.32 Å². The van der Waals surface area contributed by atoms with Gasteiger partial charge in [0, 0.05) is 38.1 Å². The van der Waals surface area contributed by atoms with E-state index in [0.717, 1.165) is 38.4 Å². The fourth-order valence-corrected chi connectivity index (χ4v) is 3.34. The van der Waals surface area contributed by atoms with Gasteiger partial charge in [0.05, 0.1) is 28.5 Å². The number of carbonyl (C=O) groups is 1.